The minimum atomic E-state index is -1.28. The molecule has 4 rings (SSSR count). The molecule has 7 nitrogen and oxygen atoms in total. The normalized spacial score (nSPS) is 11.8. The lowest BCUT2D eigenvalue weighted by Gasteiger charge is -2.17. The second-order valence-electron chi connectivity index (χ2n) is 10.2. The van der Waals surface area contributed by atoms with Crippen molar-refractivity contribution in [3.05, 3.63) is 102 Å². The fourth-order valence-electron chi connectivity index (χ4n) is 5.08. The highest BCUT2D eigenvalue weighted by atomic mass is 19.1. The number of aliphatic carboxylic acids is 1. The third-order valence-corrected chi connectivity index (χ3v) is 6.78. The number of Topliss-reactive ketones (excluding diaryl/α,β-unsaturated/α-hetero) is 1. The Labute approximate surface area is 238 Å². The molecule has 0 aliphatic rings. The van der Waals surface area contributed by atoms with Crippen LogP contribution in [0.15, 0.2) is 84.9 Å². The number of amides is 1. The molecule has 0 spiro atoms. The molecule has 0 saturated heterocycles. The van der Waals surface area contributed by atoms with Crippen LogP contribution in [0.4, 0.5) is 10.1 Å². The van der Waals surface area contributed by atoms with Crippen molar-refractivity contribution in [1.29, 1.82) is 0 Å². The van der Waals surface area contributed by atoms with Crippen LogP contribution in [0.1, 0.15) is 55.1 Å². The molecule has 0 saturated carbocycles. The summed E-state index contributed by atoms with van der Waals surface area (Å²) >= 11 is 0. The molecule has 0 fully saturated rings. The van der Waals surface area contributed by atoms with E-state index < -0.39 is 24.3 Å². The maximum absolute atomic E-state index is 14.0. The van der Waals surface area contributed by atoms with E-state index in [1.54, 1.807) is 24.3 Å². The van der Waals surface area contributed by atoms with Crippen molar-refractivity contribution < 1.29 is 29.0 Å². The van der Waals surface area contributed by atoms with Gasteiger partial charge in [0.15, 0.2) is 0 Å². The minimum Gasteiger partial charge on any atom is -0.481 e. The molecule has 0 aliphatic heterocycles. The maximum Gasteiger partial charge on any atom is 0.305 e. The molecule has 3 aromatic carbocycles. The van der Waals surface area contributed by atoms with Crippen LogP contribution in [-0.2, 0) is 16.1 Å². The van der Waals surface area contributed by atoms with Gasteiger partial charge in [-0.15, -0.1) is 0 Å². The van der Waals surface area contributed by atoms with E-state index in [9.17, 15) is 23.9 Å². The topological polar surface area (TPSA) is 109 Å². The van der Waals surface area contributed by atoms with Gasteiger partial charge in [-0.2, -0.15) is 0 Å². The van der Waals surface area contributed by atoms with Gasteiger partial charge in [0.05, 0.1) is 23.8 Å². The first-order valence-corrected chi connectivity index (χ1v) is 13.5. The average molecular weight is 557 g/mol. The fourth-order valence-corrected chi connectivity index (χ4v) is 5.08. The van der Waals surface area contributed by atoms with Crippen molar-refractivity contribution in [2.45, 2.75) is 51.7 Å². The van der Waals surface area contributed by atoms with E-state index in [1.807, 2.05) is 66.9 Å². The molecule has 1 atom stereocenters. The van der Waals surface area contributed by atoms with Crippen molar-refractivity contribution in [3.8, 4) is 22.4 Å². The Kier molecular flexibility index (Phi) is 9.47. The zero-order chi connectivity index (χ0) is 29.5. The largest absolute Gasteiger partial charge is 0.481 e. The van der Waals surface area contributed by atoms with Crippen molar-refractivity contribution in [1.82, 2.24) is 4.57 Å². The Hall–Kier alpha value is -4.56. The molecule has 8 heteroatoms. The smallest absolute Gasteiger partial charge is 0.305 e. The first kappa shape index (κ1) is 29.4. The van der Waals surface area contributed by atoms with Crippen LogP contribution in [0.5, 0.6) is 0 Å². The number of nitrogens with zero attached hydrogens (tertiary/aromatic N) is 1. The molecule has 0 unspecified atom stereocenters. The van der Waals surface area contributed by atoms with Gasteiger partial charge in [0, 0.05) is 36.3 Å². The molecule has 0 radical (unpaired) electrons. The van der Waals surface area contributed by atoms with E-state index in [-0.39, 0.29) is 37.0 Å². The molecule has 1 amide bonds. The summed E-state index contributed by atoms with van der Waals surface area (Å²) in [6.45, 7) is 4.11. The van der Waals surface area contributed by atoms with Gasteiger partial charge >= 0.3 is 5.97 Å². The number of halogens is 1. The van der Waals surface area contributed by atoms with Crippen molar-refractivity contribution in [3.63, 3.8) is 0 Å². The Morgan fingerprint density at radius 2 is 1.46 bits per heavy atom. The van der Waals surface area contributed by atoms with Crippen LogP contribution in [0.2, 0.25) is 0 Å². The first-order chi connectivity index (χ1) is 19.7. The quantitative estimate of drug-likeness (QED) is 0.184. The highest BCUT2D eigenvalue weighted by molar-refractivity contribution is 6.12. The van der Waals surface area contributed by atoms with Crippen LogP contribution < -0.4 is 5.32 Å². The van der Waals surface area contributed by atoms with Gasteiger partial charge < -0.3 is 20.1 Å². The van der Waals surface area contributed by atoms with E-state index in [0.717, 1.165) is 5.56 Å². The van der Waals surface area contributed by atoms with E-state index in [1.165, 1.54) is 12.1 Å². The SMILES string of the molecule is CC(C)c1c(C(=O)Nc2ccccc2)c(-c2ccccc2)c(-c2ccc(F)cc2)n1CCC(=O)C[C@@H](O)CC(=O)O. The van der Waals surface area contributed by atoms with Crippen molar-refractivity contribution >= 4 is 23.3 Å². The van der Waals surface area contributed by atoms with Crippen LogP contribution in [0.3, 0.4) is 0 Å². The lowest BCUT2D eigenvalue weighted by Crippen LogP contribution is -2.19. The van der Waals surface area contributed by atoms with Crippen molar-refractivity contribution in [2.75, 3.05) is 5.32 Å². The predicted molar refractivity (Wildman–Crippen MR) is 156 cm³/mol. The zero-order valence-corrected chi connectivity index (χ0v) is 23.0. The van der Waals surface area contributed by atoms with Crippen molar-refractivity contribution in [2.24, 2.45) is 0 Å². The van der Waals surface area contributed by atoms with Gasteiger partial charge in [0.2, 0.25) is 0 Å². The predicted octanol–water partition coefficient (Wildman–Crippen LogP) is 6.52. The molecule has 3 N–H and O–H groups in total. The Balaban J connectivity index is 1.90. The summed E-state index contributed by atoms with van der Waals surface area (Å²) in [6, 6.07) is 24.6. The number of benzene rings is 3. The molecular formula is C33H33FN2O5. The molecular weight excluding hydrogens is 523 g/mol. The molecule has 4 aromatic rings. The standard InChI is InChI=1S/C33H33FN2O5/c1-21(2)31-30(33(41)35-25-11-7-4-8-12-25)29(22-9-5-3-6-10-22)32(23-13-15-24(34)16-14-23)36(31)18-17-26(37)19-27(38)20-28(39)40/h3-16,21,27,38H,17-20H2,1-2H3,(H,35,41)(H,39,40)/t27-/m1/s1. The van der Waals surface area contributed by atoms with E-state index in [4.69, 9.17) is 5.11 Å². The van der Waals surface area contributed by atoms with E-state index in [0.29, 0.717) is 33.8 Å². The summed E-state index contributed by atoms with van der Waals surface area (Å²) in [6.07, 6.45) is -2.08. The van der Waals surface area contributed by atoms with Gasteiger partial charge in [-0.25, -0.2) is 4.39 Å². The number of anilines is 1. The monoisotopic (exact) mass is 556 g/mol. The zero-order valence-electron chi connectivity index (χ0n) is 23.0. The highest BCUT2D eigenvalue weighted by Gasteiger charge is 2.30. The number of ketones is 1. The van der Waals surface area contributed by atoms with Gasteiger partial charge in [0.25, 0.3) is 5.91 Å². The number of aromatic nitrogens is 1. The van der Waals surface area contributed by atoms with Crippen LogP contribution in [0.25, 0.3) is 22.4 Å². The number of aliphatic hydroxyl groups is 1. The third-order valence-electron chi connectivity index (χ3n) is 6.78. The molecule has 0 bridgehead atoms. The number of hydrogen-bond acceptors (Lipinski definition) is 4. The van der Waals surface area contributed by atoms with Crippen LogP contribution in [0, 0.1) is 5.82 Å². The molecule has 212 valence electrons. The second kappa shape index (κ2) is 13.2. The number of para-hydroxylation sites is 1. The summed E-state index contributed by atoms with van der Waals surface area (Å²) in [5.74, 6) is -2.34. The second-order valence-corrected chi connectivity index (χ2v) is 10.2. The van der Waals surface area contributed by atoms with E-state index in [2.05, 4.69) is 5.32 Å². The minimum absolute atomic E-state index is 0.00719. The molecule has 1 heterocycles. The third kappa shape index (κ3) is 7.15. The highest BCUT2D eigenvalue weighted by Crippen LogP contribution is 2.42. The molecule has 41 heavy (non-hydrogen) atoms. The number of carbonyl (C=O) groups excluding carboxylic acids is 2. The molecule has 1 aromatic heterocycles. The number of hydrogen-bond donors (Lipinski definition) is 3. The number of carboxylic acids is 1. The number of rotatable bonds is 12. The summed E-state index contributed by atoms with van der Waals surface area (Å²) < 4.78 is 15.9. The summed E-state index contributed by atoms with van der Waals surface area (Å²) in [7, 11) is 0. The number of carbonyl (C=O) groups is 3. The van der Waals surface area contributed by atoms with E-state index >= 15 is 0 Å². The number of aliphatic hydroxyl groups excluding tert-OH is 1. The van der Waals surface area contributed by atoms with Gasteiger partial charge in [-0.05, 0) is 53.4 Å². The lowest BCUT2D eigenvalue weighted by atomic mass is 9.94. The maximum atomic E-state index is 14.0. The van der Waals surface area contributed by atoms with Gasteiger partial charge in [0.1, 0.15) is 11.6 Å². The number of carboxylic acid groups (broad SMARTS) is 1. The fraction of sp³-hybridized carbons (Fsp3) is 0.242. The molecule has 0 aliphatic carbocycles. The van der Waals surface area contributed by atoms with Crippen LogP contribution in [-0.4, -0.2) is 38.5 Å². The Morgan fingerprint density at radius 1 is 0.854 bits per heavy atom. The number of nitrogens with one attached hydrogen (secondary N) is 1. The summed E-state index contributed by atoms with van der Waals surface area (Å²) in [5, 5.41) is 22.0. The van der Waals surface area contributed by atoms with Gasteiger partial charge in [-0.3, -0.25) is 14.4 Å². The lowest BCUT2D eigenvalue weighted by molar-refractivity contribution is -0.139. The first-order valence-electron chi connectivity index (χ1n) is 13.5. The van der Waals surface area contributed by atoms with Gasteiger partial charge in [-0.1, -0.05) is 62.4 Å². The Bertz CT molecular complexity index is 1510. The van der Waals surface area contributed by atoms with Crippen LogP contribution >= 0.6 is 0 Å². The summed E-state index contributed by atoms with van der Waals surface area (Å²) in [4.78, 5) is 37.8. The Morgan fingerprint density at radius 3 is 2.05 bits per heavy atom. The average Bonchev–Trinajstić information content (AvgIpc) is 3.28. The summed E-state index contributed by atoms with van der Waals surface area (Å²) in [5.41, 5.74) is 4.57.